The van der Waals surface area contributed by atoms with E-state index in [0.29, 0.717) is 6.04 Å². The Morgan fingerprint density at radius 2 is 2.14 bits per heavy atom. The van der Waals surface area contributed by atoms with E-state index in [9.17, 15) is 4.79 Å². The molecule has 5 heteroatoms. The number of carboxylic acids is 1. The van der Waals surface area contributed by atoms with Crippen molar-refractivity contribution in [3.63, 3.8) is 0 Å². The molecule has 3 rings (SSSR count). The van der Waals surface area contributed by atoms with Gasteiger partial charge in [0.05, 0.1) is 17.6 Å². The molecule has 5 nitrogen and oxygen atoms in total. The third-order valence-corrected chi connectivity index (χ3v) is 4.39. The second-order valence-corrected chi connectivity index (χ2v) is 5.77. The minimum atomic E-state index is -0.651. The highest BCUT2D eigenvalue weighted by atomic mass is 16.4. The summed E-state index contributed by atoms with van der Waals surface area (Å²) in [6, 6.07) is 6.67. The number of hydrogen-bond donors (Lipinski definition) is 2. The number of aliphatic carboxylic acids is 1. The summed E-state index contributed by atoms with van der Waals surface area (Å²) in [4.78, 5) is 11.0. The highest BCUT2D eigenvalue weighted by molar-refractivity contribution is 5.82. The largest absolute Gasteiger partial charge is 0.481 e. The smallest absolute Gasteiger partial charge is 0.306 e. The Labute approximate surface area is 124 Å². The van der Waals surface area contributed by atoms with Crippen molar-refractivity contribution in [2.24, 2.45) is 5.92 Å². The van der Waals surface area contributed by atoms with Gasteiger partial charge in [-0.25, -0.2) is 0 Å². The van der Waals surface area contributed by atoms with Gasteiger partial charge >= 0.3 is 5.97 Å². The summed E-state index contributed by atoms with van der Waals surface area (Å²) in [7, 11) is 0. The molecule has 21 heavy (non-hydrogen) atoms. The van der Waals surface area contributed by atoms with Crippen molar-refractivity contribution in [2.45, 2.75) is 45.2 Å². The molecule has 0 saturated heterocycles. The van der Waals surface area contributed by atoms with Crippen molar-refractivity contribution in [1.82, 2.24) is 9.78 Å². The lowest BCUT2D eigenvalue weighted by molar-refractivity contribution is -0.142. The molecule has 112 valence electrons. The minimum Gasteiger partial charge on any atom is -0.481 e. The van der Waals surface area contributed by atoms with Gasteiger partial charge in [0.15, 0.2) is 0 Å². The number of rotatable bonds is 4. The third kappa shape index (κ3) is 2.86. The number of nitrogens with zero attached hydrogens (tertiary/aromatic N) is 2. The van der Waals surface area contributed by atoms with Crippen LogP contribution in [0.5, 0.6) is 0 Å². The van der Waals surface area contributed by atoms with E-state index in [2.05, 4.69) is 35.5 Å². The average Bonchev–Trinajstić information content (AvgIpc) is 2.90. The summed E-state index contributed by atoms with van der Waals surface area (Å²) in [6.45, 7) is 2.94. The summed E-state index contributed by atoms with van der Waals surface area (Å²) >= 11 is 0. The Morgan fingerprint density at radius 3 is 2.81 bits per heavy atom. The molecule has 1 aromatic heterocycles. The lowest BCUT2D eigenvalue weighted by atomic mass is 9.86. The van der Waals surface area contributed by atoms with Gasteiger partial charge in [-0.1, -0.05) is 0 Å². The predicted molar refractivity (Wildman–Crippen MR) is 82.4 cm³/mol. The highest BCUT2D eigenvalue weighted by Gasteiger charge is 2.25. The SMILES string of the molecule is CCn1ncc2ccc(NC3CCC(C(=O)O)CC3)cc21. The number of carbonyl (C=O) groups is 1. The van der Waals surface area contributed by atoms with Crippen LogP contribution in [0.15, 0.2) is 24.4 Å². The first-order chi connectivity index (χ1) is 10.2. The fourth-order valence-electron chi connectivity index (χ4n) is 3.13. The molecule has 1 aliphatic rings. The molecule has 0 atom stereocenters. The molecule has 2 aromatic rings. The summed E-state index contributed by atoms with van der Waals surface area (Å²) in [5.74, 6) is -0.811. The molecule has 0 unspecified atom stereocenters. The first kappa shape index (κ1) is 13.9. The van der Waals surface area contributed by atoms with Gasteiger partial charge in [0.25, 0.3) is 0 Å². The van der Waals surface area contributed by atoms with E-state index in [1.807, 2.05) is 10.9 Å². The van der Waals surface area contributed by atoms with Crippen LogP contribution in [-0.2, 0) is 11.3 Å². The third-order valence-electron chi connectivity index (χ3n) is 4.39. The van der Waals surface area contributed by atoms with Crippen LogP contribution in [0.4, 0.5) is 5.69 Å². The van der Waals surface area contributed by atoms with E-state index in [0.717, 1.165) is 48.8 Å². The average molecular weight is 287 g/mol. The molecule has 0 spiro atoms. The topological polar surface area (TPSA) is 67.2 Å². The lowest BCUT2D eigenvalue weighted by Crippen LogP contribution is -2.29. The fraction of sp³-hybridized carbons (Fsp3) is 0.500. The molecule has 1 fully saturated rings. The van der Waals surface area contributed by atoms with Crippen LogP contribution in [-0.4, -0.2) is 26.9 Å². The first-order valence-electron chi connectivity index (χ1n) is 7.62. The minimum absolute atomic E-state index is 0.160. The zero-order valence-electron chi connectivity index (χ0n) is 12.2. The van der Waals surface area contributed by atoms with Crippen LogP contribution in [0.25, 0.3) is 10.9 Å². The number of aromatic nitrogens is 2. The summed E-state index contributed by atoms with van der Waals surface area (Å²) in [6.07, 6.45) is 5.26. The van der Waals surface area contributed by atoms with Crippen LogP contribution in [0.3, 0.4) is 0 Å². The van der Waals surface area contributed by atoms with Gasteiger partial charge in [-0.2, -0.15) is 5.10 Å². The Hall–Kier alpha value is -2.04. The summed E-state index contributed by atoms with van der Waals surface area (Å²) in [5, 5.41) is 18.1. The van der Waals surface area contributed by atoms with Gasteiger partial charge < -0.3 is 10.4 Å². The maximum Gasteiger partial charge on any atom is 0.306 e. The number of fused-ring (bicyclic) bond motifs is 1. The Morgan fingerprint density at radius 1 is 1.38 bits per heavy atom. The molecule has 1 saturated carbocycles. The number of anilines is 1. The predicted octanol–water partition coefficient (Wildman–Crippen LogP) is 3.11. The normalized spacial score (nSPS) is 22.3. The maximum absolute atomic E-state index is 11.0. The van der Waals surface area contributed by atoms with Crippen LogP contribution in [0, 0.1) is 5.92 Å². The number of hydrogen-bond acceptors (Lipinski definition) is 3. The quantitative estimate of drug-likeness (QED) is 0.906. The monoisotopic (exact) mass is 287 g/mol. The fourth-order valence-corrected chi connectivity index (χ4v) is 3.13. The van der Waals surface area contributed by atoms with Gasteiger partial charge in [0.2, 0.25) is 0 Å². The number of nitrogens with one attached hydrogen (secondary N) is 1. The van der Waals surface area contributed by atoms with Crippen molar-refractivity contribution >= 4 is 22.6 Å². The van der Waals surface area contributed by atoms with Crippen molar-refractivity contribution in [2.75, 3.05) is 5.32 Å². The second kappa shape index (κ2) is 5.76. The second-order valence-electron chi connectivity index (χ2n) is 5.77. The van der Waals surface area contributed by atoms with Gasteiger partial charge in [-0.3, -0.25) is 9.48 Å². The van der Waals surface area contributed by atoms with Gasteiger partial charge in [-0.05, 0) is 50.8 Å². The van der Waals surface area contributed by atoms with E-state index in [1.54, 1.807) is 0 Å². The van der Waals surface area contributed by atoms with Crippen molar-refractivity contribution < 1.29 is 9.90 Å². The molecular weight excluding hydrogens is 266 g/mol. The molecule has 0 radical (unpaired) electrons. The number of carboxylic acid groups (broad SMARTS) is 1. The molecule has 2 N–H and O–H groups in total. The zero-order valence-corrected chi connectivity index (χ0v) is 12.2. The van der Waals surface area contributed by atoms with Gasteiger partial charge in [0.1, 0.15) is 0 Å². The summed E-state index contributed by atoms with van der Waals surface area (Å²) in [5.41, 5.74) is 2.23. The lowest BCUT2D eigenvalue weighted by Gasteiger charge is -2.27. The van der Waals surface area contributed by atoms with Crippen molar-refractivity contribution in [3.8, 4) is 0 Å². The Bertz CT molecular complexity index is 642. The zero-order chi connectivity index (χ0) is 14.8. The number of aryl methyl sites for hydroxylation is 1. The van der Waals surface area contributed by atoms with Crippen LogP contribution in [0.2, 0.25) is 0 Å². The van der Waals surface area contributed by atoms with E-state index in [1.165, 1.54) is 0 Å². The van der Waals surface area contributed by atoms with Crippen LogP contribution in [0.1, 0.15) is 32.6 Å². The summed E-state index contributed by atoms with van der Waals surface area (Å²) < 4.78 is 1.99. The highest BCUT2D eigenvalue weighted by Crippen LogP contribution is 2.28. The molecule has 0 bridgehead atoms. The maximum atomic E-state index is 11.0. The Balaban J connectivity index is 1.69. The van der Waals surface area contributed by atoms with Crippen molar-refractivity contribution in [3.05, 3.63) is 24.4 Å². The van der Waals surface area contributed by atoms with Gasteiger partial charge in [-0.15, -0.1) is 0 Å². The Kier molecular flexibility index (Phi) is 3.82. The van der Waals surface area contributed by atoms with E-state index in [-0.39, 0.29) is 5.92 Å². The standard InChI is InChI=1S/C16H21N3O2/c1-2-19-15-9-14(8-5-12(15)10-17-19)18-13-6-3-11(4-7-13)16(20)21/h5,8-11,13,18H,2-4,6-7H2,1H3,(H,20,21). The van der Waals surface area contributed by atoms with Crippen LogP contribution >= 0.6 is 0 Å². The van der Waals surface area contributed by atoms with Crippen LogP contribution < -0.4 is 5.32 Å². The van der Waals surface area contributed by atoms with E-state index in [4.69, 9.17) is 5.11 Å². The molecule has 1 aliphatic carbocycles. The van der Waals surface area contributed by atoms with E-state index >= 15 is 0 Å². The van der Waals surface area contributed by atoms with Gasteiger partial charge in [0, 0.05) is 23.7 Å². The molecule has 0 amide bonds. The van der Waals surface area contributed by atoms with Crippen molar-refractivity contribution in [1.29, 1.82) is 0 Å². The number of benzene rings is 1. The molecule has 0 aliphatic heterocycles. The first-order valence-corrected chi connectivity index (χ1v) is 7.62. The molecule has 1 heterocycles. The van der Waals surface area contributed by atoms with E-state index < -0.39 is 5.97 Å². The molecule has 1 aromatic carbocycles. The molecular formula is C16H21N3O2.